The Kier molecular flexibility index (Phi) is 6.31. The number of Topliss-reactive ketones (excluding diaryl/α,β-unsaturated/α-hetero) is 1. The van der Waals surface area contributed by atoms with E-state index >= 15 is 0 Å². The molecule has 1 aromatic heterocycles. The minimum absolute atomic E-state index is 0.0735. The Morgan fingerprint density at radius 3 is 2.32 bits per heavy atom. The lowest BCUT2D eigenvalue weighted by atomic mass is 9.73. The number of ether oxygens (including phenoxy) is 4. The number of fused-ring (bicyclic) bond motifs is 1. The highest BCUT2D eigenvalue weighted by molar-refractivity contribution is 6.00. The van der Waals surface area contributed by atoms with Crippen molar-refractivity contribution in [3.05, 3.63) is 53.2 Å². The summed E-state index contributed by atoms with van der Waals surface area (Å²) in [5.41, 5.74) is 2.94. The molecule has 1 aliphatic heterocycles. The van der Waals surface area contributed by atoms with E-state index in [2.05, 4.69) is 19.2 Å². The maximum absolute atomic E-state index is 13.6. The number of methoxy groups -OCH3 is 3. The van der Waals surface area contributed by atoms with Crippen molar-refractivity contribution in [1.29, 1.82) is 0 Å². The number of carbonyl (C=O) groups is 1. The van der Waals surface area contributed by atoms with Crippen molar-refractivity contribution in [2.75, 3.05) is 33.3 Å². The highest BCUT2D eigenvalue weighted by Crippen LogP contribution is 2.49. The third-order valence-electron chi connectivity index (χ3n) is 6.79. The second-order valence-corrected chi connectivity index (χ2v) is 9.97. The molecule has 1 unspecified atom stereocenters. The van der Waals surface area contributed by atoms with Gasteiger partial charge in [-0.25, -0.2) is 4.68 Å². The number of carbonyl (C=O) groups excluding carboxylic acids is 1. The maximum Gasteiger partial charge on any atom is 0.226 e. The van der Waals surface area contributed by atoms with Gasteiger partial charge in [0.05, 0.1) is 27.9 Å². The Labute approximate surface area is 216 Å². The van der Waals surface area contributed by atoms with Gasteiger partial charge in [0, 0.05) is 34.9 Å². The molecule has 0 radical (unpaired) electrons. The number of rotatable bonds is 7. The topological polar surface area (TPSA) is 96.7 Å². The fraction of sp³-hybridized carbons (Fsp3) is 0.393. The largest absolute Gasteiger partial charge is 0.496 e. The zero-order valence-corrected chi connectivity index (χ0v) is 22.0. The summed E-state index contributed by atoms with van der Waals surface area (Å²) in [5, 5.41) is 8.30. The Hall–Kier alpha value is -4.01. The molecular weight excluding hydrogens is 472 g/mol. The van der Waals surface area contributed by atoms with Gasteiger partial charge in [-0.05, 0) is 49.1 Å². The van der Waals surface area contributed by atoms with Crippen molar-refractivity contribution in [3.63, 3.8) is 0 Å². The summed E-state index contributed by atoms with van der Waals surface area (Å²) in [7, 11) is 4.76. The van der Waals surface area contributed by atoms with Crippen LogP contribution in [0.5, 0.6) is 23.0 Å². The Balaban J connectivity index is 1.69. The first-order chi connectivity index (χ1) is 17.8. The number of nitrogens with one attached hydrogen (secondary N) is 1. The molecule has 0 spiro atoms. The number of hydrogen-bond acceptors (Lipinski definition) is 8. The molecule has 0 saturated heterocycles. The van der Waals surface area contributed by atoms with Crippen molar-refractivity contribution >= 4 is 11.7 Å². The van der Waals surface area contributed by atoms with Crippen molar-refractivity contribution in [3.8, 4) is 34.4 Å². The molecule has 2 heterocycles. The zero-order chi connectivity index (χ0) is 26.3. The van der Waals surface area contributed by atoms with Crippen LogP contribution in [0.3, 0.4) is 0 Å². The summed E-state index contributed by atoms with van der Waals surface area (Å²) in [6, 6.07) is 10.7. The standard InChI is InChI=1S/C28H32N4O5/c1-7-37-17-10-8-16(9-11-17)26-30-27-29-19-14-28(2,3)15-20(33)24(19)25(32(27)31-26)18-12-22(35-5)23(36-6)13-21(18)34-4/h8-13,25H,7,14-15H2,1-6H3,(H,29,30,31). The van der Waals surface area contributed by atoms with Crippen LogP contribution in [0.1, 0.15) is 45.2 Å². The molecule has 9 nitrogen and oxygen atoms in total. The van der Waals surface area contributed by atoms with Crippen LogP contribution < -0.4 is 24.3 Å². The molecule has 0 bridgehead atoms. The monoisotopic (exact) mass is 504 g/mol. The molecule has 3 aromatic rings. The first kappa shape index (κ1) is 24.7. The van der Waals surface area contributed by atoms with Crippen LogP contribution in [-0.4, -0.2) is 48.5 Å². The van der Waals surface area contributed by atoms with E-state index in [1.165, 1.54) is 0 Å². The number of allylic oxidation sites excluding steroid dienone is 2. The van der Waals surface area contributed by atoms with E-state index < -0.39 is 6.04 Å². The van der Waals surface area contributed by atoms with Gasteiger partial charge in [0.25, 0.3) is 0 Å². The predicted octanol–water partition coefficient (Wildman–Crippen LogP) is 5.03. The summed E-state index contributed by atoms with van der Waals surface area (Å²) in [6.07, 6.45) is 1.15. The van der Waals surface area contributed by atoms with E-state index in [0.717, 1.165) is 22.6 Å². The Morgan fingerprint density at radius 1 is 1.00 bits per heavy atom. The molecule has 2 aromatic carbocycles. The second kappa shape index (κ2) is 9.46. The molecule has 0 fully saturated rings. The van der Waals surface area contributed by atoms with Gasteiger partial charge in [-0.2, -0.15) is 4.98 Å². The molecule has 0 amide bonds. The molecule has 0 saturated carbocycles. The smallest absolute Gasteiger partial charge is 0.226 e. The van der Waals surface area contributed by atoms with Crippen LogP contribution in [0, 0.1) is 5.41 Å². The van der Waals surface area contributed by atoms with Gasteiger partial charge in [0.1, 0.15) is 17.5 Å². The van der Waals surface area contributed by atoms with Crippen LogP contribution in [0.15, 0.2) is 47.7 Å². The number of hydrogen-bond donors (Lipinski definition) is 1. The minimum atomic E-state index is -0.548. The van der Waals surface area contributed by atoms with Gasteiger partial charge in [0.15, 0.2) is 23.1 Å². The van der Waals surface area contributed by atoms with E-state index in [9.17, 15) is 4.79 Å². The van der Waals surface area contributed by atoms with Gasteiger partial charge in [0.2, 0.25) is 5.95 Å². The molecule has 2 aliphatic rings. The van der Waals surface area contributed by atoms with Crippen molar-refractivity contribution in [2.24, 2.45) is 5.41 Å². The molecule has 9 heteroatoms. The number of ketones is 1. The predicted molar refractivity (Wildman–Crippen MR) is 140 cm³/mol. The SMILES string of the molecule is CCOc1ccc(-c2nc3n(n2)C(c2cc(OC)c(OC)cc2OC)C2=C(CC(C)(C)CC2=O)N3)cc1. The minimum Gasteiger partial charge on any atom is -0.496 e. The Bertz CT molecular complexity index is 1370. The van der Waals surface area contributed by atoms with Gasteiger partial charge in [-0.1, -0.05) is 13.8 Å². The Morgan fingerprint density at radius 2 is 1.68 bits per heavy atom. The number of aromatic nitrogens is 3. The lowest BCUT2D eigenvalue weighted by molar-refractivity contribution is -0.118. The maximum atomic E-state index is 13.6. The first-order valence-corrected chi connectivity index (χ1v) is 12.3. The molecule has 1 N–H and O–H groups in total. The highest BCUT2D eigenvalue weighted by Gasteiger charge is 2.43. The van der Waals surface area contributed by atoms with Crippen LogP contribution in [0.25, 0.3) is 11.4 Å². The normalized spacial score (nSPS) is 18.0. The third kappa shape index (κ3) is 4.39. The number of nitrogens with zero attached hydrogens (tertiary/aromatic N) is 3. The summed E-state index contributed by atoms with van der Waals surface area (Å²) in [6.45, 7) is 6.75. The van der Waals surface area contributed by atoms with E-state index in [4.69, 9.17) is 29.0 Å². The van der Waals surface area contributed by atoms with Gasteiger partial charge in [-0.15, -0.1) is 5.10 Å². The number of anilines is 1. The fourth-order valence-corrected chi connectivity index (χ4v) is 5.15. The van der Waals surface area contributed by atoms with E-state index in [1.54, 1.807) is 32.1 Å². The lowest BCUT2D eigenvalue weighted by Crippen LogP contribution is -2.36. The molecule has 5 rings (SSSR count). The first-order valence-electron chi connectivity index (χ1n) is 12.3. The molecular formula is C28H32N4O5. The van der Waals surface area contributed by atoms with Crippen molar-refractivity contribution < 1.29 is 23.7 Å². The average molecular weight is 505 g/mol. The van der Waals surface area contributed by atoms with Crippen LogP contribution >= 0.6 is 0 Å². The average Bonchev–Trinajstić information content (AvgIpc) is 3.30. The second-order valence-electron chi connectivity index (χ2n) is 9.97. The van der Waals surface area contributed by atoms with Gasteiger partial charge in [-0.3, -0.25) is 4.79 Å². The molecule has 1 atom stereocenters. The third-order valence-corrected chi connectivity index (χ3v) is 6.79. The van der Waals surface area contributed by atoms with Crippen molar-refractivity contribution in [1.82, 2.24) is 14.8 Å². The van der Waals surface area contributed by atoms with Gasteiger partial charge >= 0.3 is 0 Å². The molecule has 37 heavy (non-hydrogen) atoms. The lowest BCUT2D eigenvalue weighted by Gasteiger charge is -2.38. The van der Waals surface area contributed by atoms with Crippen LogP contribution in [-0.2, 0) is 4.79 Å². The quantitative estimate of drug-likeness (QED) is 0.479. The van der Waals surface area contributed by atoms with E-state index in [0.29, 0.717) is 54.0 Å². The van der Waals surface area contributed by atoms with E-state index in [-0.39, 0.29) is 11.2 Å². The summed E-state index contributed by atoms with van der Waals surface area (Å²) >= 11 is 0. The summed E-state index contributed by atoms with van der Waals surface area (Å²) < 4.78 is 24.2. The molecule has 1 aliphatic carbocycles. The molecule has 194 valence electrons. The highest BCUT2D eigenvalue weighted by atomic mass is 16.5. The fourth-order valence-electron chi connectivity index (χ4n) is 5.15. The van der Waals surface area contributed by atoms with Crippen LogP contribution in [0.2, 0.25) is 0 Å². The van der Waals surface area contributed by atoms with Crippen molar-refractivity contribution in [2.45, 2.75) is 39.7 Å². The summed E-state index contributed by atoms with van der Waals surface area (Å²) in [4.78, 5) is 18.4. The van der Waals surface area contributed by atoms with Crippen LogP contribution in [0.4, 0.5) is 5.95 Å². The van der Waals surface area contributed by atoms with E-state index in [1.807, 2.05) is 37.3 Å². The zero-order valence-electron chi connectivity index (χ0n) is 22.0. The summed E-state index contributed by atoms with van der Waals surface area (Å²) in [5.74, 6) is 3.61. The van der Waals surface area contributed by atoms with Gasteiger partial charge < -0.3 is 24.3 Å². The number of benzene rings is 2.